The highest BCUT2D eigenvalue weighted by molar-refractivity contribution is 7.53. The first-order valence-electron chi connectivity index (χ1n) is 7.11. The van der Waals surface area contributed by atoms with Crippen LogP contribution in [0.1, 0.15) is 33.3 Å². The standard InChI is InChI=1S/C14H23N2O5P/c1-5-20-22(19,21-6-2)12-14(3,4)16(18)11-13-7-9-15(17)10-8-13/h7-11H,5-6,12H2,1-4H3/b16-11-. The second-order valence-corrected chi connectivity index (χ2v) is 7.42. The van der Waals surface area contributed by atoms with Gasteiger partial charge in [-0.15, -0.1) is 0 Å². The Morgan fingerprint density at radius 2 is 1.77 bits per heavy atom. The molecule has 0 saturated carbocycles. The van der Waals surface area contributed by atoms with Gasteiger partial charge >= 0.3 is 7.60 Å². The van der Waals surface area contributed by atoms with E-state index in [4.69, 9.17) is 9.05 Å². The van der Waals surface area contributed by atoms with Gasteiger partial charge in [0.05, 0.1) is 18.8 Å². The van der Waals surface area contributed by atoms with Gasteiger partial charge in [0.2, 0.25) is 0 Å². The van der Waals surface area contributed by atoms with Gasteiger partial charge in [-0.1, -0.05) is 0 Å². The lowest BCUT2D eigenvalue weighted by Gasteiger charge is -2.27. The maximum Gasteiger partial charge on any atom is 0.337 e. The summed E-state index contributed by atoms with van der Waals surface area (Å²) in [7, 11) is -3.32. The SMILES string of the molecule is CCOP(=O)(CC(C)(C)/[N+]([O-])=C/c1cc[n+]([O-])cc1)OCC. The van der Waals surface area contributed by atoms with Crippen LogP contribution in [0.25, 0.3) is 0 Å². The van der Waals surface area contributed by atoms with Gasteiger partial charge in [-0.05, 0) is 13.8 Å². The van der Waals surface area contributed by atoms with E-state index in [9.17, 15) is 15.0 Å². The van der Waals surface area contributed by atoms with Crippen LogP contribution in [0.15, 0.2) is 24.5 Å². The molecule has 8 heteroatoms. The lowest BCUT2D eigenvalue weighted by atomic mass is 10.1. The molecule has 7 nitrogen and oxygen atoms in total. The van der Waals surface area contributed by atoms with Gasteiger partial charge in [-0.25, -0.2) is 4.74 Å². The molecule has 124 valence electrons. The number of hydroxylamine groups is 1. The molecule has 1 rings (SSSR count). The van der Waals surface area contributed by atoms with Crippen LogP contribution in [0.5, 0.6) is 0 Å². The Hall–Kier alpha value is -1.43. The minimum absolute atomic E-state index is 0.0317. The van der Waals surface area contributed by atoms with Crippen LogP contribution in [0, 0.1) is 10.4 Å². The second kappa shape index (κ2) is 7.72. The molecule has 0 aliphatic heterocycles. The number of hydrogen-bond donors (Lipinski definition) is 0. The molecular formula is C14H23N2O5P. The molecule has 0 amide bonds. The first kappa shape index (κ1) is 18.6. The third kappa shape index (κ3) is 5.40. The Labute approximate surface area is 130 Å². The third-order valence-electron chi connectivity index (χ3n) is 2.92. The van der Waals surface area contributed by atoms with Crippen molar-refractivity contribution in [2.75, 3.05) is 19.4 Å². The minimum atomic E-state index is -3.32. The van der Waals surface area contributed by atoms with Crippen LogP contribution >= 0.6 is 7.60 Å². The van der Waals surface area contributed by atoms with Crippen molar-refractivity contribution < 1.29 is 23.1 Å². The summed E-state index contributed by atoms with van der Waals surface area (Å²) in [5.41, 5.74) is -0.402. The number of pyridine rings is 1. The first-order chi connectivity index (χ1) is 10.2. The number of aromatic nitrogens is 1. The van der Waals surface area contributed by atoms with Crippen LogP contribution in [0.4, 0.5) is 0 Å². The third-order valence-corrected chi connectivity index (χ3v) is 5.39. The molecule has 0 fully saturated rings. The molecule has 1 heterocycles. The molecule has 0 spiro atoms. The van der Waals surface area contributed by atoms with Crippen molar-refractivity contribution in [2.45, 2.75) is 33.2 Å². The molecule has 0 N–H and O–H groups in total. The average molecular weight is 330 g/mol. The van der Waals surface area contributed by atoms with Crippen molar-refractivity contribution in [1.82, 2.24) is 0 Å². The van der Waals surface area contributed by atoms with E-state index in [0.29, 0.717) is 15.0 Å². The molecule has 0 radical (unpaired) electrons. The average Bonchev–Trinajstić information content (AvgIpc) is 2.41. The summed E-state index contributed by atoms with van der Waals surface area (Å²) < 4.78 is 24.4. The lowest BCUT2D eigenvalue weighted by molar-refractivity contribution is -0.605. The summed E-state index contributed by atoms with van der Waals surface area (Å²) in [6.07, 6.45) is 3.92. The number of hydrogen-bond acceptors (Lipinski definition) is 5. The maximum atomic E-state index is 12.6. The summed E-state index contributed by atoms with van der Waals surface area (Å²) in [4.78, 5) is 0. The predicted octanol–water partition coefficient (Wildman–Crippen LogP) is 2.29. The number of rotatable bonds is 8. The Balaban J connectivity index is 2.95. The van der Waals surface area contributed by atoms with Gasteiger partial charge in [-0.2, -0.15) is 4.73 Å². The first-order valence-corrected chi connectivity index (χ1v) is 8.83. The maximum absolute atomic E-state index is 12.6. The highest BCUT2D eigenvalue weighted by Crippen LogP contribution is 2.50. The van der Waals surface area contributed by atoms with Crippen molar-refractivity contribution in [3.63, 3.8) is 0 Å². The van der Waals surface area contributed by atoms with Crippen LogP contribution in [0.2, 0.25) is 0 Å². The molecule has 0 atom stereocenters. The van der Waals surface area contributed by atoms with Crippen molar-refractivity contribution in [3.05, 3.63) is 40.5 Å². The highest BCUT2D eigenvalue weighted by Gasteiger charge is 2.39. The van der Waals surface area contributed by atoms with Gasteiger partial charge in [-0.3, -0.25) is 4.57 Å². The van der Waals surface area contributed by atoms with Crippen LogP contribution < -0.4 is 4.73 Å². The molecule has 0 bridgehead atoms. The fourth-order valence-electron chi connectivity index (χ4n) is 1.89. The largest absolute Gasteiger partial charge is 0.623 e. The fourth-order valence-corrected chi connectivity index (χ4v) is 4.02. The fraction of sp³-hybridized carbons (Fsp3) is 0.571. The van der Waals surface area contributed by atoms with Crippen molar-refractivity contribution in [2.24, 2.45) is 0 Å². The molecule has 0 aromatic carbocycles. The van der Waals surface area contributed by atoms with Gasteiger partial charge in [0.25, 0.3) is 0 Å². The molecule has 1 aromatic rings. The van der Waals surface area contributed by atoms with Gasteiger partial charge in [0, 0.05) is 26.0 Å². The second-order valence-electron chi connectivity index (χ2n) is 5.36. The van der Waals surface area contributed by atoms with Gasteiger partial charge < -0.3 is 19.5 Å². The Bertz CT molecular complexity index is 547. The topological polar surface area (TPSA) is 88.5 Å². The molecule has 0 aliphatic rings. The van der Waals surface area contributed by atoms with Crippen molar-refractivity contribution >= 4 is 13.8 Å². The summed E-state index contributed by atoms with van der Waals surface area (Å²) in [5.74, 6) is 0. The van der Waals surface area contributed by atoms with Crippen molar-refractivity contribution in [3.8, 4) is 0 Å². The van der Waals surface area contributed by atoms with E-state index in [1.165, 1.54) is 30.7 Å². The highest BCUT2D eigenvalue weighted by atomic mass is 31.2. The van der Waals surface area contributed by atoms with E-state index in [0.717, 1.165) is 0 Å². The van der Waals surface area contributed by atoms with E-state index in [2.05, 4.69) is 0 Å². The Kier molecular flexibility index (Phi) is 6.53. The monoisotopic (exact) mass is 330 g/mol. The van der Waals surface area contributed by atoms with E-state index < -0.39 is 13.1 Å². The summed E-state index contributed by atoms with van der Waals surface area (Å²) in [5, 5.41) is 23.3. The van der Waals surface area contributed by atoms with Crippen LogP contribution in [-0.4, -0.2) is 35.9 Å². The molecule has 22 heavy (non-hydrogen) atoms. The summed E-state index contributed by atoms with van der Waals surface area (Å²) in [6, 6.07) is 3.05. The normalized spacial score (nSPS) is 13.4. The van der Waals surface area contributed by atoms with Crippen LogP contribution in [-0.2, 0) is 13.6 Å². The summed E-state index contributed by atoms with van der Waals surface area (Å²) >= 11 is 0. The Morgan fingerprint density at radius 3 is 2.23 bits per heavy atom. The quantitative estimate of drug-likeness (QED) is 0.240. The van der Waals surface area contributed by atoms with E-state index >= 15 is 0 Å². The number of nitrogens with zero attached hydrogens (tertiary/aromatic N) is 2. The van der Waals surface area contributed by atoms with Gasteiger partial charge in [0.1, 0.15) is 6.16 Å². The minimum Gasteiger partial charge on any atom is -0.623 e. The van der Waals surface area contributed by atoms with Crippen LogP contribution in [0.3, 0.4) is 0 Å². The molecule has 0 unspecified atom stereocenters. The zero-order valence-electron chi connectivity index (χ0n) is 13.4. The van der Waals surface area contributed by atoms with E-state index in [-0.39, 0.29) is 19.4 Å². The van der Waals surface area contributed by atoms with Crippen molar-refractivity contribution in [1.29, 1.82) is 0 Å². The van der Waals surface area contributed by atoms with E-state index in [1.54, 1.807) is 27.7 Å². The molecule has 1 aromatic heterocycles. The zero-order valence-corrected chi connectivity index (χ0v) is 14.3. The predicted molar refractivity (Wildman–Crippen MR) is 84.0 cm³/mol. The Morgan fingerprint density at radius 1 is 1.27 bits per heavy atom. The molecule has 0 saturated heterocycles. The molecule has 0 aliphatic carbocycles. The summed E-state index contributed by atoms with van der Waals surface area (Å²) in [6.45, 7) is 7.27. The lowest BCUT2D eigenvalue weighted by Crippen LogP contribution is -2.38. The molecular weight excluding hydrogens is 307 g/mol. The van der Waals surface area contributed by atoms with Gasteiger partial charge in [0.15, 0.2) is 24.1 Å². The van der Waals surface area contributed by atoms with E-state index in [1.807, 2.05) is 0 Å². The zero-order chi connectivity index (χ0) is 16.8. The smallest absolute Gasteiger partial charge is 0.337 e.